The summed E-state index contributed by atoms with van der Waals surface area (Å²) in [5.41, 5.74) is 1.96. The number of hydrogen-bond donors (Lipinski definition) is 1. The predicted molar refractivity (Wildman–Crippen MR) is 88.6 cm³/mol. The molecule has 116 valence electrons. The SMILES string of the molecule is C[C@@H](C(=O)NCc1ncc(-c2ccccc2)o1)c1ccccc1. The zero-order valence-corrected chi connectivity index (χ0v) is 12.9. The number of hydrogen-bond acceptors (Lipinski definition) is 3. The average Bonchev–Trinajstić information content (AvgIpc) is 3.09. The van der Waals surface area contributed by atoms with E-state index in [1.54, 1.807) is 6.20 Å². The molecule has 1 N–H and O–H groups in total. The quantitative estimate of drug-likeness (QED) is 0.781. The molecule has 0 unspecified atom stereocenters. The molecule has 1 amide bonds. The maximum absolute atomic E-state index is 12.2. The van der Waals surface area contributed by atoms with Gasteiger partial charge in [-0.15, -0.1) is 0 Å². The molecule has 0 aliphatic rings. The van der Waals surface area contributed by atoms with E-state index in [2.05, 4.69) is 10.3 Å². The van der Waals surface area contributed by atoms with Crippen LogP contribution in [0.15, 0.2) is 71.3 Å². The Hall–Kier alpha value is -2.88. The monoisotopic (exact) mass is 306 g/mol. The van der Waals surface area contributed by atoms with Crippen LogP contribution in [0.3, 0.4) is 0 Å². The van der Waals surface area contributed by atoms with Crippen molar-refractivity contribution >= 4 is 5.91 Å². The first kappa shape index (κ1) is 15.0. The number of oxazole rings is 1. The molecule has 0 aliphatic carbocycles. The van der Waals surface area contributed by atoms with Gasteiger partial charge in [0.15, 0.2) is 5.76 Å². The topological polar surface area (TPSA) is 55.1 Å². The predicted octanol–water partition coefficient (Wildman–Crippen LogP) is 3.76. The molecule has 0 fully saturated rings. The Labute approximate surface area is 135 Å². The molecule has 4 nitrogen and oxygen atoms in total. The van der Waals surface area contributed by atoms with Crippen LogP contribution in [0.1, 0.15) is 24.3 Å². The van der Waals surface area contributed by atoms with Crippen molar-refractivity contribution in [3.63, 3.8) is 0 Å². The summed E-state index contributed by atoms with van der Waals surface area (Å²) in [5, 5.41) is 2.87. The zero-order valence-electron chi connectivity index (χ0n) is 12.9. The molecule has 23 heavy (non-hydrogen) atoms. The lowest BCUT2D eigenvalue weighted by Crippen LogP contribution is -2.27. The van der Waals surface area contributed by atoms with E-state index in [4.69, 9.17) is 4.42 Å². The third-order valence-electron chi connectivity index (χ3n) is 3.72. The van der Waals surface area contributed by atoms with Gasteiger partial charge in [0.1, 0.15) is 0 Å². The van der Waals surface area contributed by atoms with Gasteiger partial charge in [-0.3, -0.25) is 4.79 Å². The van der Waals surface area contributed by atoms with Crippen molar-refractivity contribution in [2.75, 3.05) is 0 Å². The van der Waals surface area contributed by atoms with Crippen LogP contribution in [-0.4, -0.2) is 10.9 Å². The summed E-state index contributed by atoms with van der Waals surface area (Å²) in [5.74, 6) is 0.943. The van der Waals surface area contributed by atoms with Crippen LogP contribution in [0.2, 0.25) is 0 Å². The van der Waals surface area contributed by atoms with Crippen LogP contribution in [-0.2, 0) is 11.3 Å². The lowest BCUT2D eigenvalue weighted by atomic mass is 10.0. The highest BCUT2D eigenvalue weighted by Gasteiger charge is 2.15. The molecule has 0 aliphatic heterocycles. The fourth-order valence-corrected chi connectivity index (χ4v) is 2.34. The summed E-state index contributed by atoms with van der Waals surface area (Å²) in [6.07, 6.45) is 1.68. The number of aromatic nitrogens is 1. The molecular weight excluding hydrogens is 288 g/mol. The molecule has 1 heterocycles. The first-order chi connectivity index (χ1) is 11.2. The van der Waals surface area contributed by atoms with Crippen LogP contribution >= 0.6 is 0 Å². The van der Waals surface area contributed by atoms with Gasteiger partial charge in [-0.05, 0) is 12.5 Å². The third-order valence-corrected chi connectivity index (χ3v) is 3.72. The molecule has 1 aromatic heterocycles. The lowest BCUT2D eigenvalue weighted by molar-refractivity contribution is -0.122. The Bertz CT molecular complexity index is 766. The fraction of sp³-hybridized carbons (Fsp3) is 0.158. The van der Waals surface area contributed by atoms with Gasteiger partial charge in [0.05, 0.1) is 18.7 Å². The number of carbonyl (C=O) groups is 1. The summed E-state index contributed by atoms with van der Waals surface area (Å²) >= 11 is 0. The van der Waals surface area contributed by atoms with Crippen molar-refractivity contribution in [1.82, 2.24) is 10.3 Å². The van der Waals surface area contributed by atoms with E-state index in [9.17, 15) is 4.79 Å². The normalized spacial score (nSPS) is 11.9. The molecule has 1 atom stereocenters. The molecule has 0 radical (unpaired) electrons. The number of nitrogens with one attached hydrogen (secondary N) is 1. The van der Waals surface area contributed by atoms with Gasteiger partial charge in [-0.25, -0.2) is 4.98 Å². The number of amides is 1. The smallest absolute Gasteiger partial charge is 0.227 e. The molecule has 0 bridgehead atoms. The van der Waals surface area contributed by atoms with Crippen molar-refractivity contribution in [3.8, 4) is 11.3 Å². The molecule has 4 heteroatoms. The maximum atomic E-state index is 12.2. The zero-order chi connectivity index (χ0) is 16.1. The van der Waals surface area contributed by atoms with E-state index >= 15 is 0 Å². The Balaban J connectivity index is 1.61. The number of benzene rings is 2. The molecule has 2 aromatic carbocycles. The van der Waals surface area contributed by atoms with Gasteiger partial charge in [0.25, 0.3) is 0 Å². The van der Waals surface area contributed by atoms with Crippen LogP contribution in [0.5, 0.6) is 0 Å². The van der Waals surface area contributed by atoms with E-state index < -0.39 is 0 Å². The lowest BCUT2D eigenvalue weighted by Gasteiger charge is -2.11. The van der Waals surface area contributed by atoms with Crippen LogP contribution in [0, 0.1) is 0 Å². The van der Waals surface area contributed by atoms with Gasteiger partial charge < -0.3 is 9.73 Å². The Morgan fingerprint density at radius 3 is 2.43 bits per heavy atom. The van der Waals surface area contributed by atoms with E-state index in [-0.39, 0.29) is 18.4 Å². The second kappa shape index (κ2) is 6.92. The van der Waals surface area contributed by atoms with Crippen molar-refractivity contribution in [2.45, 2.75) is 19.4 Å². The standard InChI is InChI=1S/C19H18N2O2/c1-14(15-8-4-2-5-9-15)19(22)21-13-18-20-12-17(23-18)16-10-6-3-7-11-16/h2-12,14H,13H2,1H3,(H,21,22)/t14-/m1/s1. The van der Waals surface area contributed by atoms with Gasteiger partial charge in [-0.1, -0.05) is 60.7 Å². The maximum Gasteiger partial charge on any atom is 0.227 e. The van der Waals surface area contributed by atoms with Gasteiger partial charge in [0.2, 0.25) is 11.8 Å². The van der Waals surface area contributed by atoms with Crippen LogP contribution in [0.4, 0.5) is 0 Å². The Morgan fingerprint density at radius 2 is 1.74 bits per heavy atom. The van der Waals surface area contributed by atoms with Gasteiger partial charge >= 0.3 is 0 Å². The van der Waals surface area contributed by atoms with Crippen molar-refractivity contribution in [2.24, 2.45) is 0 Å². The first-order valence-corrected chi connectivity index (χ1v) is 7.57. The van der Waals surface area contributed by atoms with Crippen molar-refractivity contribution in [1.29, 1.82) is 0 Å². The summed E-state index contributed by atoms with van der Waals surface area (Å²) in [7, 11) is 0. The number of nitrogens with zero attached hydrogens (tertiary/aromatic N) is 1. The molecular formula is C19H18N2O2. The molecule has 0 spiro atoms. The summed E-state index contributed by atoms with van der Waals surface area (Å²) in [6, 6.07) is 19.4. The largest absolute Gasteiger partial charge is 0.439 e. The number of carbonyl (C=O) groups excluding carboxylic acids is 1. The third kappa shape index (κ3) is 3.66. The fourth-order valence-electron chi connectivity index (χ4n) is 2.34. The second-order valence-electron chi connectivity index (χ2n) is 5.33. The Kier molecular flexibility index (Phi) is 4.52. The highest BCUT2D eigenvalue weighted by atomic mass is 16.4. The average molecular weight is 306 g/mol. The summed E-state index contributed by atoms with van der Waals surface area (Å²) in [6.45, 7) is 2.17. The first-order valence-electron chi connectivity index (χ1n) is 7.57. The molecule has 3 rings (SSSR count). The minimum Gasteiger partial charge on any atom is -0.439 e. The van der Waals surface area contributed by atoms with E-state index in [0.717, 1.165) is 11.1 Å². The van der Waals surface area contributed by atoms with Gasteiger partial charge in [-0.2, -0.15) is 0 Å². The molecule has 0 saturated carbocycles. The Morgan fingerprint density at radius 1 is 1.09 bits per heavy atom. The molecule has 3 aromatic rings. The van der Waals surface area contributed by atoms with Gasteiger partial charge in [0, 0.05) is 5.56 Å². The summed E-state index contributed by atoms with van der Waals surface area (Å²) < 4.78 is 5.68. The number of rotatable bonds is 5. The molecule has 0 saturated heterocycles. The van der Waals surface area contributed by atoms with Crippen molar-refractivity contribution in [3.05, 3.63) is 78.3 Å². The minimum absolute atomic E-state index is 0.0457. The highest BCUT2D eigenvalue weighted by Crippen LogP contribution is 2.20. The minimum atomic E-state index is -0.209. The van der Waals surface area contributed by atoms with Crippen LogP contribution < -0.4 is 5.32 Å². The highest BCUT2D eigenvalue weighted by molar-refractivity contribution is 5.83. The van der Waals surface area contributed by atoms with E-state index in [0.29, 0.717) is 11.7 Å². The van der Waals surface area contributed by atoms with E-state index in [1.807, 2.05) is 67.6 Å². The van der Waals surface area contributed by atoms with Crippen LogP contribution in [0.25, 0.3) is 11.3 Å². The summed E-state index contributed by atoms with van der Waals surface area (Å²) in [4.78, 5) is 16.4. The van der Waals surface area contributed by atoms with Crippen molar-refractivity contribution < 1.29 is 9.21 Å². The van der Waals surface area contributed by atoms with E-state index in [1.165, 1.54) is 0 Å². The second-order valence-corrected chi connectivity index (χ2v) is 5.33.